The van der Waals surface area contributed by atoms with Crippen molar-refractivity contribution >= 4 is 16.7 Å². The molecule has 0 saturated carbocycles. The van der Waals surface area contributed by atoms with Gasteiger partial charge in [0, 0.05) is 35.9 Å². The number of H-pyrrole nitrogens is 1. The summed E-state index contributed by atoms with van der Waals surface area (Å²) in [5.41, 5.74) is -1.37. The molecule has 28 heavy (non-hydrogen) atoms. The zero-order valence-corrected chi connectivity index (χ0v) is 14.8. The second-order valence-electron chi connectivity index (χ2n) is 6.72. The predicted molar refractivity (Wildman–Crippen MR) is 100 cm³/mol. The number of rotatable bonds is 3. The monoisotopic (exact) mass is 389 g/mol. The van der Waals surface area contributed by atoms with Gasteiger partial charge in [0.2, 0.25) is 5.95 Å². The van der Waals surface area contributed by atoms with E-state index in [-0.39, 0.29) is 28.8 Å². The smallest absolute Gasteiger partial charge is 0.350 e. The molecular formula is C19H18F3N5O. The fourth-order valence-corrected chi connectivity index (χ4v) is 3.43. The summed E-state index contributed by atoms with van der Waals surface area (Å²) in [6.07, 6.45) is -0.712. The van der Waals surface area contributed by atoms with Crippen LogP contribution in [0.25, 0.3) is 22.0 Å². The predicted octanol–water partition coefficient (Wildman–Crippen LogP) is 3.17. The van der Waals surface area contributed by atoms with E-state index in [0.717, 1.165) is 25.6 Å². The second-order valence-corrected chi connectivity index (χ2v) is 6.72. The normalized spacial score (nSPS) is 17.6. The van der Waals surface area contributed by atoms with Crippen LogP contribution >= 0.6 is 0 Å². The van der Waals surface area contributed by atoms with Gasteiger partial charge in [-0.05, 0) is 30.8 Å². The number of pyridine rings is 1. The van der Waals surface area contributed by atoms with Crippen LogP contribution in [0.2, 0.25) is 0 Å². The Bertz CT molecular complexity index is 1060. The third-order valence-electron chi connectivity index (χ3n) is 4.79. The molecule has 0 bridgehead atoms. The lowest BCUT2D eigenvalue weighted by Gasteiger charge is -2.24. The molecule has 2 aromatic heterocycles. The molecule has 4 rings (SSSR count). The van der Waals surface area contributed by atoms with E-state index in [0.29, 0.717) is 17.3 Å². The van der Waals surface area contributed by atoms with Crippen molar-refractivity contribution in [3.63, 3.8) is 0 Å². The number of benzene rings is 1. The van der Waals surface area contributed by atoms with E-state index >= 15 is 0 Å². The maximum Gasteiger partial charge on any atom is 0.419 e. The van der Waals surface area contributed by atoms with Gasteiger partial charge in [0.1, 0.15) is 5.56 Å². The zero-order chi connectivity index (χ0) is 19.7. The molecule has 0 aliphatic carbocycles. The molecular weight excluding hydrogens is 371 g/mol. The van der Waals surface area contributed by atoms with Gasteiger partial charge in [-0.15, -0.1) is 0 Å². The summed E-state index contributed by atoms with van der Waals surface area (Å²) < 4.78 is 40.9. The van der Waals surface area contributed by atoms with Crippen LogP contribution in [0.1, 0.15) is 18.4 Å². The maximum absolute atomic E-state index is 13.6. The molecule has 1 aromatic carbocycles. The number of piperidine rings is 1. The van der Waals surface area contributed by atoms with Gasteiger partial charge in [-0.3, -0.25) is 4.79 Å². The highest BCUT2D eigenvalue weighted by Crippen LogP contribution is 2.37. The molecule has 146 valence electrons. The van der Waals surface area contributed by atoms with Gasteiger partial charge >= 0.3 is 6.18 Å². The molecule has 1 aliphatic rings. The first-order valence-electron chi connectivity index (χ1n) is 8.96. The van der Waals surface area contributed by atoms with E-state index in [1.54, 1.807) is 24.3 Å². The van der Waals surface area contributed by atoms with Gasteiger partial charge in [0.25, 0.3) is 5.56 Å². The highest BCUT2D eigenvalue weighted by atomic mass is 19.4. The van der Waals surface area contributed by atoms with E-state index in [2.05, 4.69) is 25.6 Å². The molecule has 0 amide bonds. The van der Waals surface area contributed by atoms with Crippen molar-refractivity contribution in [2.45, 2.75) is 25.1 Å². The maximum atomic E-state index is 13.6. The Hall–Kier alpha value is -2.94. The molecule has 0 spiro atoms. The summed E-state index contributed by atoms with van der Waals surface area (Å²) in [5.74, 6) is 0.131. The number of alkyl halides is 3. The van der Waals surface area contributed by atoms with Crippen LogP contribution in [0.4, 0.5) is 19.1 Å². The average Bonchev–Trinajstić information content (AvgIpc) is 2.68. The van der Waals surface area contributed by atoms with Crippen LogP contribution in [-0.4, -0.2) is 34.1 Å². The first kappa shape index (κ1) is 18.4. The summed E-state index contributed by atoms with van der Waals surface area (Å²) >= 11 is 0. The third-order valence-corrected chi connectivity index (χ3v) is 4.79. The first-order valence-corrected chi connectivity index (χ1v) is 8.96. The number of aromatic amines is 1. The molecule has 1 atom stereocenters. The van der Waals surface area contributed by atoms with Crippen LogP contribution in [0.3, 0.4) is 0 Å². The molecule has 1 saturated heterocycles. The Morgan fingerprint density at radius 3 is 2.68 bits per heavy atom. The molecule has 6 nitrogen and oxygen atoms in total. The van der Waals surface area contributed by atoms with E-state index < -0.39 is 11.7 Å². The standard InChI is InChI=1S/C19H18F3N5O/c20-19(21,22)15-10-25-18(26-11-4-3-7-23-8-11)27-16(15)14-9-24-17(28)13-6-2-1-5-12(13)14/h1-2,5-6,9-11,23H,3-4,7-8H2,(H,24,28)(H,25,26,27). The second kappa shape index (κ2) is 7.23. The number of fused-ring (bicyclic) bond motifs is 1. The molecule has 3 heterocycles. The quantitative estimate of drug-likeness (QED) is 0.641. The topological polar surface area (TPSA) is 82.7 Å². The molecule has 9 heteroatoms. The minimum Gasteiger partial charge on any atom is -0.350 e. The molecule has 3 N–H and O–H groups in total. The summed E-state index contributed by atoms with van der Waals surface area (Å²) in [6.45, 7) is 1.61. The van der Waals surface area contributed by atoms with Gasteiger partial charge in [-0.2, -0.15) is 13.2 Å². The number of hydrogen-bond donors (Lipinski definition) is 3. The summed E-state index contributed by atoms with van der Waals surface area (Å²) in [4.78, 5) is 22.6. The van der Waals surface area contributed by atoms with E-state index in [4.69, 9.17) is 0 Å². The number of nitrogens with zero attached hydrogens (tertiary/aromatic N) is 2. The van der Waals surface area contributed by atoms with Gasteiger partial charge < -0.3 is 15.6 Å². The van der Waals surface area contributed by atoms with Crippen molar-refractivity contribution in [1.29, 1.82) is 0 Å². The lowest BCUT2D eigenvalue weighted by atomic mass is 10.0. The lowest BCUT2D eigenvalue weighted by Crippen LogP contribution is -2.38. The Morgan fingerprint density at radius 1 is 1.18 bits per heavy atom. The van der Waals surface area contributed by atoms with Crippen LogP contribution in [0.15, 0.2) is 41.5 Å². The Kier molecular flexibility index (Phi) is 4.76. The molecule has 1 fully saturated rings. The van der Waals surface area contributed by atoms with Gasteiger partial charge in [-0.1, -0.05) is 18.2 Å². The Morgan fingerprint density at radius 2 is 1.96 bits per heavy atom. The zero-order valence-electron chi connectivity index (χ0n) is 14.8. The Labute approximate surface area is 158 Å². The lowest BCUT2D eigenvalue weighted by molar-refractivity contribution is -0.137. The number of hydrogen-bond acceptors (Lipinski definition) is 5. The van der Waals surface area contributed by atoms with Gasteiger partial charge in [-0.25, -0.2) is 9.97 Å². The van der Waals surface area contributed by atoms with Crippen molar-refractivity contribution in [3.8, 4) is 11.3 Å². The van der Waals surface area contributed by atoms with Crippen LogP contribution < -0.4 is 16.2 Å². The van der Waals surface area contributed by atoms with Crippen LogP contribution in [-0.2, 0) is 6.18 Å². The SMILES string of the molecule is O=c1[nH]cc(-c2nc(NC3CCCNC3)ncc2C(F)(F)F)c2ccccc12. The van der Waals surface area contributed by atoms with Crippen LogP contribution in [0, 0.1) is 0 Å². The summed E-state index contributed by atoms with van der Waals surface area (Å²) in [5, 5.41) is 7.04. The van der Waals surface area contributed by atoms with Crippen molar-refractivity contribution in [3.05, 3.63) is 52.6 Å². The number of halogens is 3. The third kappa shape index (κ3) is 3.57. The highest BCUT2D eigenvalue weighted by Gasteiger charge is 2.36. The van der Waals surface area contributed by atoms with Crippen molar-refractivity contribution in [2.75, 3.05) is 18.4 Å². The summed E-state index contributed by atoms with van der Waals surface area (Å²) in [7, 11) is 0. The highest BCUT2D eigenvalue weighted by molar-refractivity contribution is 5.95. The molecule has 0 radical (unpaired) electrons. The van der Waals surface area contributed by atoms with Crippen molar-refractivity contribution in [1.82, 2.24) is 20.3 Å². The first-order chi connectivity index (χ1) is 13.4. The molecule has 1 unspecified atom stereocenters. The minimum atomic E-state index is -4.63. The number of anilines is 1. The van der Waals surface area contributed by atoms with Crippen LogP contribution in [0.5, 0.6) is 0 Å². The van der Waals surface area contributed by atoms with E-state index in [1.807, 2.05) is 0 Å². The molecule has 3 aromatic rings. The van der Waals surface area contributed by atoms with E-state index in [1.165, 1.54) is 6.20 Å². The van der Waals surface area contributed by atoms with E-state index in [9.17, 15) is 18.0 Å². The minimum absolute atomic E-state index is 0.0469. The van der Waals surface area contributed by atoms with Crippen molar-refractivity contribution in [2.24, 2.45) is 0 Å². The number of aromatic nitrogens is 3. The molecule has 1 aliphatic heterocycles. The summed E-state index contributed by atoms with van der Waals surface area (Å²) in [6, 6.07) is 6.56. The Balaban J connectivity index is 1.85. The van der Waals surface area contributed by atoms with Gasteiger partial charge in [0.05, 0.1) is 5.69 Å². The largest absolute Gasteiger partial charge is 0.419 e. The average molecular weight is 389 g/mol. The number of nitrogens with one attached hydrogen (secondary N) is 3. The fourth-order valence-electron chi connectivity index (χ4n) is 3.43. The van der Waals surface area contributed by atoms with Gasteiger partial charge in [0.15, 0.2) is 0 Å². The fraction of sp³-hybridized carbons (Fsp3) is 0.316. The van der Waals surface area contributed by atoms with Crippen molar-refractivity contribution < 1.29 is 13.2 Å².